The number of methoxy groups -OCH3 is 1. The average molecular weight is 516 g/mol. The topological polar surface area (TPSA) is 67.0 Å². The summed E-state index contributed by atoms with van der Waals surface area (Å²) in [5, 5.41) is 0.666. The first-order valence-corrected chi connectivity index (χ1v) is 12.9. The van der Waals surface area contributed by atoms with Crippen LogP contribution in [-0.2, 0) is 0 Å². The molecule has 0 atom stereocenters. The maximum atomic E-state index is 15.6. The van der Waals surface area contributed by atoms with Crippen LogP contribution >= 0.6 is 0 Å². The van der Waals surface area contributed by atoms with E-state index in [1.54, 1.807) is 13.2 Å². The molecule has 0 spiro atoms. The van der Waals surface area contributed by atoms with Crippen molar-refractivity contribution in [3.05, 3.63) is 71.7 Å². The number of nitrogens with zero attached hydrogens (tertiary/aromatic N) is 2. The minimum atomic E-state index is -0.319. The van der Waals surface area contributed by atoms with Crippen molar-refractivity contribution in [1.82, 2.24) is 9.88 Å². The minimum Gasteiger partial charge on any atom is -0.496 e. The van der Waals surface area contributed by atoms with E-state index in [1.165, 1.54) is 0 Å². The summed E-state index contributed by atoms with van der Waals surface area (Å²) >= 11 is 0. The van der Waals surface area contributed by atoms with Gasteiger partial charge < -0.3 is 29.0 Å². The second-order valence-corrected chi connectivity index (χ2v) is 9.97. The highest BCUT2D eigenvalue weighted by Gasteiger charge is 2.27. The maximum absolute atomic E-state index is 15.6. The zero-order valence-corrected chi connectivity index (χ0v) is 21.7. The summed E-state index contributed by atoms with van der Waals surface area (Å²) in [5.41, 5.74) is 4.06. The first-order chi connectivity index (χ1) is 18.4. The van der Waals surface area contributed by atoms with Gasteiger partial charge in [-0.1, -0.05) is 32.0 Å². The fourth-order valence-corrected chi connectivity index (χ4v) is 5.33. The van der Waals surface area contributed by atoms with Crippen LogP contribution in [0.25, 0.3) is 22.0 Å². The normalized spacial score (nSPS) is 15.0. The highest BCUT2D eigenvalue weighted by Crippen LogP contribution is 2.40. The molecule has 2 aliphatic rings. The Morgan fingerprint density at radius 1 is 0.974 bits per heavy atom. The molecule has 6 rings (SSSR count). The average Bonchev–Trinajstić information content (AvgIpc) is 3.60. The fraction of sp³-hybridized carbons (Fsp3) is 0.300. The number of benzene rings is 3. The molecule has 196 valence electrons. The third-order valence-corrected chi connectivity index (χ3v) is 7.42. The zero-order chi connectivity index (χ0) is 26.4. The number of aromatic amines is 1. The number of nitrogens with one attached hydrogen (secondary N) is 1. The highest BCUT2D eigenvalue weighted by molar-refractivity contribution is 6.04. The molecular formula is C30H30FN3O4. The summed E-state index contributed by atoms with van der Waals surface area (Å²) in [4.78, 5) is 20.7. The predicted octanol–water partition coefficient (Wildman–Crippen LogP) is 5.80. The van der Waals surface area contributed by atoms with Crippen molar-refractivity contribution >= 4 is 22.5 Å². The molecule has 3 aromatic carbocycles. The Kier molecular flexibility index (Phi) is 6.10. The molecular weight excluding hydrogens is 485 g/mol. The summed E-state index contributed by atoms with van der Waals surface area (Å²) in [6, 6.07) is 17.2. The third kappa shape index (κ3) is 4.10. The van der Waals surface area contributed by atoms with E-state index in [0.29, 0.717) is 54.1 Å². The van der Waals surface area contributed by atoms with Gasteiger partial charge in [0.15, 0.2) is 17.3 Å². The number of rotatable bonds is 5. The predicted molar refractivity (Wildman–Crippen MR) is 145 cm³/mol. The lowest BCUT2D eigenvalue weighted by Gasteiger charge is -2.36. The Morgan fingerprint density at radius 2 is 1.74 bits per heavy atom. The van der Waals surface area contributed by atoms with Crippen LogP contribution in [0.1, 0.15) is 35.8 Å². The van der Waals surface area contributed by atoms with Crippen molar-refractivity contribution in [3.8, 4) is 28.4 Å². The van der Waals surface area contributed by atoms with Gasteiger partial charge in [0, 0.05) is 48.9 Å². The molecule has 0 unspecified atom stereocenters. The summed E-state index contributed by atoms with van der Waals surface area (Å²) in [6.07, 6.45) is 0. The Balaban J connectivity index is 1.30. The molecule has 4 aromatic rings. The molecule has 0 radical (unpaired) electrons. The Morgan fingerprint density at radius 3 is 2.50 bits per heavy atom. The van der Waals surface area contributed by atoms with Crippen molar-refractivity contribution in [2.24, 2.45) is 0 Å². The standard InChI is InChI=1S/C30H30FN3O4/c1-18(2)21-15-22(20-6-4-5-7-25(20)36-3)23-16-24(32-29(23)28(21)31)30(35)34-12-10-33(11-13-34)19-8-9-26-27(14-19)38-17-37-26/h4-9,14-16,18,32H,10-13,17H2,1-3H3. The van der Waals surface area contributed by atoms with Crippen LogP contribution in [0.15, 0.2) is 54.6 Å². The second-order valence-electron chi connectivity index (χ2n) is 9.97. The largest absolute Gasteiger partial charge is 0.496 e. The molecule has 0 bridgehead atoms. The lowest BCUT2D eigenvalue weighted by atomic mass is 9.93. The third-order valence-electron chi connectivity index (χ3n) is 7.42. The number of amides is 1. The lowest BCUT2D eigenvalue weighted by molar-refractivity contribution is 0.0742. The van der Waals surface area contributed by atoms with E-state index in [1.807, 2.05) is 67.3 Å². The van der Waals surface area contributed by atoms with Gasteiger partial charge in [-0.2, -0.15) is 0 Å². The maximum Gasteiger partial charge on any atom is 0.270 e. The van der Waals surface area contributed by atoms with Crippen LogP contribution in [0.3, 0.4) is 0 Å². The molecule has 2 aliphatic heterocycles. The number of ether oxygens (including phenoxy) is 3. The van der Waals surface area contributed by atoms with Gasteiger partial charge in [-0.3, -0.25) is 4.79 Å². The quantitative estimate of drug-likeness (QED) is 0.364. The van der Waals surface area contributed by atoms with Gasteiger partial charge in [0.25, 0.3) is 5.91 Å². The van der Waals surface area contributed by atoms with Gasteiger partial charge >= 0.3 is 0 Å². The minimum absolute atomic E-state index is 0.0282. The van der Waals surface area contributed by atoms with Gasteiger partial charge in [-0.05, 0) is 47.4 Å². The number of carbonyl (C=O) groups excluding carboxylic acids is 1. The fourth-order valence-electron chi connectivity index (χ4n) is 5.33. The van der Waals surface area contributed by atoms with E-state index in [0.717, 1.165) is 28.3 Å². The molecule has 8 heteroatoms. The van der Waals surface area contributed by atoms with E-state index in [9.17, 15) is 4.79 Å². The van der Waals surface area contributed by atoms with E-state index < -0.39 is 0 Å². The SMILES string of the molecule is COc1ccccc1-c1cc(C(C)C)c(F)c2[nH]c(C(=O)N3CCN(c4ccc5c(c4)OCO5)CC3)cc12. The zero-order valence-electron chi connectivity index (χ0n) is 21.7. The van der Waals surface area contributed by atoms with Crippen LogP contribution < -0.4 is 19.1 Å². The molecule has 1 saturated heterocycles. The monoisotopic (exact) mass is 515 g/mol. The molecule has 0 saturated carbocycles. The number of hydrogen-bond acceptors (Lipinski definition) is 5. The number of carbonyl (C=O) groups is 1. The Labute approximate surface area is 220 Å². The van der Waals surface area contributed by atoms with Crippen LogP contribution in [0, 0.1) is 5.82 Å². The number of H-pyrrole nitrogens is 1. The molecule has 1 aromatic heterocycles. The van der Waals surface area contributed by atoms with Gasteiger partial charge in [0.2, 0.25) is 6.79 Å². The van der Waals surface area contributed by atoms with Crippen molar-refractivity contribution in [2.45, 2.75) is 19.8 Å². The van der Waals surface area contributed by atoms with Crippen LogP contribution in [-0.4, -0.2) is 55.9 Å². The first-order valence-electron chi connectivity index (χ1n) is 12.9. The first kappa shape index (κ1) is 24.2. The lowest BCUT2D eigenvalue weighted by Crippen LogP contribution is -2.48. The van der Waals surface area contributed by atoms with Crippen LogP contribution in [0.4, 0.5) is 10.1 Å². The molecule has 38 heavy (non-hydrogen) atoms. The smallest absolute Gasteiger partial charge is 0.270 e. The molecule has 1 fully saturated rings. The van der Waals surface area contributed by atoms with E-state index >= 15 is 4.39 Å². The van der Waals surface area contributed by atoms with Crippen LogP contribution in [0.5, 0.6) is 17.2 Å². The van der Waals surface area contributed by atoms with Gasteiger partial charge in [-0.25, -0.2) is 4.39 Å². The Hall–Kier alpha value is -4.20. The second kappa shape index (κ2) is 9.59. The van der Waals surface area contributed by atoms with Gasteiger partial charge in [0.05, 0.1) is 12.6 Å². The van der Waals surface area contributed by atoms with Gasteiger partial charge in [-0.15, -0.1) is 0 Å². The molecule has 1 N–H and O–H groups in total. The number of piperazine rings is 1. The summed E-state index contributed by atoms with van der Waals surface area (Å²) < 4.78 is 32.2. The van der Waals surface area contributed by atoms with Crippen molar-refractivity contribution in [3.63, 3.8) is 0 Å². The number of anilines is 1. The molecule has 0 aliphatic carbocycles. The van der Waals surface area contributed by atoms with Gasteiger partial charge in [0.1, 0.15) is 11.4 Å². The number of hydrogen-bond donors (Lipinski definition) is 1. The summed E-state index contributed by atoms with van der Waals surface area (Å²) in [6.45, 7) is 6.65. The van der Waals surface area contributed by atoms with Crippen molar-refractivity contribution in [2.75, 3.05) is 45.0 Å². The van der Waals surface area contributed by atoms with Crippen molar-refractivity contribution < 1.29 is 23.4 Å². The molecule has 3 heterocycles. The van der Waals surface area contributed by atoms with E-state index in [2.05, 4.69) is 9.88 Å². The number of para-hydroxylation sites is 1. The van der Waals surface area contributed by atoms with E-state index in [4.69, 9.17) is 14.2 Å². The van der Waals surface area contributed by atoms with E-state index in [-0.39, 0.29) is 24.4 Å². The highest BCUT2D eigenvalue weighted by atomic mass is 19.1. The number of aromatic nitrogens is 1. The number of halogens is 1. The van der Waals surface area contributed by atoms with Crippen LogP contribution in [0.2, 0.25) is 0 Å². The summed E-state index contributed by atoms with van der Waals surface area (Å²) in [5.74, 6) is 1.71. The summed E-state index contributed by atoms with van der Waals surface area (Å²) in [7, 11) is 1.62. The number of fused-ring (bicyclic) bond motifs is 2. The van der Waals surface area contributed by atoms with Crippen molar-refractivity contribution in [1.29, 1.82) is 0 Å². The molecule has 7 nitrogen and oxygen atoms in total. The Bertz CT molecular complexity index is 1520. The molecule has 1 amide bonds.